The molecule has 1 fully saturated rings. The molecule has 0 spiro atoms. The van der Waals surface area contributed by atoms with Gasteiger partial charge in [-0.15, -0.1) is 0 Å². The van der Waals surface area contributed by atoms with E-state index in [9.17, 15) is 4.39 Å². The lowest BCUT2D eigenvalue weighted by atomic mass is 9.96. The van der Waals surface area contributed by atoms with Crippen molar-refractivity contribution in [3.05, 3.63) is 0 Å². The van der Waals surface area contributed by atoms with Gasteiger partial charge in [0.15, 0.2) is 0 Å². The molecular weight excluding hydrogens is 201 g/mol. The summed E-state index contributed by atoms with van der Waals surface area (Å²) in [6, 6.07) is 0. The number of piperidine rings is 1. The SMILES string of the molecule is CSOCCCN1CCC(C)(F)CC1. The molecule has 0 aromatic rings. The third kappa shape index (κ3) is 4.62. The van der Waals surface area contributed by atoms with E-state index in [0.717, 1.165) is 32.7 Å². The smallest absolute Gasteiger partial charge is 0.110 e. The molecule has 2 nitrogen and oxygen atoms in total. The maximum Gasteiger partial charge on any atom is 0.110 e. The van der Waals surface area contributed by atoms with Gasteiger partial charge in [0.1, 0.15) is 5.67 Å². The topological polar surface area (TPSA) is 12.5 Å². The monoisotopic (exact) mass is 221 g/mol. The first-order chi connectivity index (χ1) is 6.64. The third-order valence-corrected chi connectivity index (χ3v) is 3.12. The van der Waals surface area contributed by atoms with Crippen molar-refractivity contribution in [3.63, 3.8) is 0 Å². The second kappa shape index (κ2) is 5.93. The Morgan fingerprint density at radius 1 is 1.43 bits per heavy atom. The molecule has 0 N–H and O–H groups in total. The quantitative estimate of drug-likeness (QED) is 0.523. The highest BCUT2D eigenvalue weighted by molar-refractivity contribution is 7.93. The summed E-state index contributed by atoms with van der Waals surface area (Å²) in [5.41, 5.74) is -0.924. The van der Waals surface area contributed by atoms with Gasteiger partial charge in [0.2, 0.25) is 0 Å². The van der Waals surface area contributed by atoms with Crippen LogP contribution in [0.3, 0.4) is 0 Å². The lowest BCUT2D eigenvalue weighted by molar-refractivity contribution is 0.0720. The van der Waals surface area contributed by atoms with Crippen LogP contribution in [0.5, 0.6) is 0 Å². The van der Waals surface area contributed by atoms with Crippen molar-refractivity contribution >= 4 is 12.0 Å². The molecule has 0 radical (unpaired) electrons. The van der Waals surface area contributed by atoms with Gasteiger partial charge in [-0.1, -0.05) is 0 Å². The van der Waals surface area contributed by atoms with E-state index in [1.165, 1.54) is 12.0 Å². The number of alkyl halides is 1. The zero-order valence-corrected chi connectivity index (χ0v) is 9.91. The molecule has 0 aromatic heterocycles. The fourth-order valence-corrected chi connectivity index (χ4v) is 1.96. The fraction of sp³-hybridized carbons (Fsp3) is 1.00. The Kier molecular flexibility index (Phi) is 5.20. The Balaban J connectivity index is 2.04. The van der Waals surface area contributed by atoms with Crippen molar-refractivity contribution in [3.8, 4) is 0 Å². The van der Waals surface area contributed by atoms with E-state index < -0.39 is 5.67 Å². The van der Waals surface area contributed by atoms with E-state index in [2.05, 4.69) is 4.90 Å². The Morgan fingerprint density at radius 3 is 2.64 bits per heavy atom. The van der Waals surface area contributed by atoms with Gasteiger partial charge < -0.3 is 9.08 Å². The van der Waals surface area contributed by atoms with Crippen molar-refractivity contribution in [2.75, 3.05) is 32.5 Å². The summed E-state index contributed by atoms with van der Waals surface area (Å²) in [5.74, 6) is 0. The zero-order valence-electron chi connectivity index (χ0n) is 9.09. The molecule has 0 saturated carbocycles. The molecule has 0 aliphatic carbocycles. The average molecular weight is 221 g/mol. The Bertz CT molecular complexity index is 156. The summed E-state index contributed by atoms with van der Waals surface area (Å²) >= 11 is 1.41. The van der Waals surface area contributed by atoms with Gasteiger partial charge in [-0.2, -0.15) is 0 Å². The van der Waals surface area contributed by atoms with Crippen molar-refractivity contribution in [2.24, 2.45) is 0 Å². The molecule has 14 heavy (non-hydrogen) atoms. The van der Waals surface area contributed by atoms with Crippen LogP contribution in [-0.4, -0.2) is 43.1 Å². The van der Waals surface area contributed by atoms with Crippen molar-refractivity contribution in [1.29, 1.82) is 0 Å². The maximum atomic E-state index is 13.4. The molecule has 0 bridgehead atoms. The molecule has 1 aliphatic rings. The molecule has 0 atom stereocenters. The molecule has 0 unspecified atom stereocenters. The molecule has 1 saturated heterocycles. The van der Waals surface area contributed by atoms with Crippen LogP contribution in [0.2, 0.25) is 0 Å². The second-order valence-electron chi connectivity index (χ2n) is 4.10. The summed E-state index contributed by atoms with van der Waals surface area (Å²) in [6.45, 7) is 5.33. The van der Waals surface area contributed by atoms with Crippen LogP contribution < -0.4 is 0 Å². The van der Waals surface area contributed by atoms with Gasteiger partial charge >= 0.3 is 0 Å². The molecule has 0 aromatic carbocycles. The first-order valence-electron chi connectivity index (χ1n) is 5.21. The average Bonchev–Trinajstić information content (AvgIpc) is 2.15. The van der Waals surface area contributed by atoms with Gasteiger partial charge in [0.05, 0.1) is 6.61 Å². The molecule has 4 heteroatoms. The molecule has 1 rings (SSSR count). The van der Waals surface area contributed by atoms with E-state index in [1.54, 1.807) is 6.92 Å². The molecule has 84 valence electrons. The molecule has 0 amide bonds. The van der Waals surface area contributed by atoms with E-state index in [4.69, 9.17) is 4.18 Å². The van der Waals surface area contributed by atoms with Crippen LogP contribution in [0.25, 0.3) is 0 Å². The van der Waals surface area contributed by atoms with E-state index >= 15 is 0 Å². The number of rotatable bonds is 5. The highest BCUT2D eigenvalue weighted by atomic mass is 32.2. The number of likely N-dealkylation sites (tertiary alicyclic amines) is 1. The lowest BCUT2D eigenvalue weighted by Gasteiger charge is -2.34. The van der Waals surface area contributed by atoms with Crippen LogP contribution in [0.1, 0.15) is 26.2 Å². The maximum absolute atomic E-state index is 13.4. The summed E-state index contributed by atoms with van der Waals surface area (Å²) < 4.78 is 18.6. The summed E-state index contributed by atoms with van der Waals surface area (Å²) in [4.78, 5) is 2.32. The minimum Gasteiger partial charge on any atom is -0.316 e. The van der Waals surface area contributed by atoms with Crippen LogP contribution in [-0.2, 0) is 4.18 Å². The van der Waals surface area contributed by atoms with Gasteiger partial charge in [-0.05, 0) is 38.2 Å². The molecule has 1 aliphatic heterocycles. The highest BCUT2D eigenvalue weighted by Crippen LogP contribution is 2.25. The Labute approximate surface area is 90.4 Å². The standard InChI is InChI=1S/C10H20FNOS/c1-10(11)4-7-12(8-5-10)6-3-9-13-14-2/h3-9H2,1-2H3. The molecular formula is C10H20FNOS. The lowest BCUT2D eigenvalue weighted by Crippen LogP contribution is -2.40. The second-order valence-corrected chi connectivity index (χ2v) is 4.67. The fourth-order valence-electron chi connectivity index (χ4n) is 1.67. The van der Waals surface area contributed by atoms with Crippen LogP contribution in [0, 0.1) is 0 Å². The van der Waals surface area contributed by atoms with E-state index in [-0.39, 0.29) is 0 Å². The zero-order chi connectivity index (χ0) is 10.4. The van der Waals surface area contributed by atoms with Gasteiger partial charge in [0, 0.05) is 25.9 Å². The predicted molar refractivity (Wildman–Crippen MR) is 59.3 cm³/mol. The summed E-state index contributed by atoms with van der Waals surface area (Å²) in [5, 5.41) is 0. The molecule has 1 heterocycles. The number of nitrogens with zero attached hydrogens (tertiary/aromatic N) is 1. The van der Waals surface area contributed by atoms with Gasteiger partial charge in [-0.25, -0.2) is 4.39 Å². The van der Waals surface area contributed by atoms with Gasteiger partial charge in [0.25, 0.3) is 0 Å². The number of halogens is 1. The first kappa shape index (κ1) is 12.3. The first-order valence-corrected chi connectivity index (χ1v) is 6.36. The van der Waals surface area contributed by atoms with Crippen molar-refractivity contribution in [2.45, 2.75) is 31.9 Å². The number of hydrogen-bond donors (Lipinski definition) is 0. The van der Waals surface area contributed by atoms with Crippen molar-refractivity contribution in [1.82, 2.24) is 4.90 Å². The van der Waals surface area contributed by atoms with Crippen LogP contribution in [0.15, 0.2) is 0 Å². The van der Waals surface area contributed by atoms with Crippen molar-refractivity contribution < 1.29 is 8.57 Å². The van der Waals surface area contributed by atoms with E-state index in [0.29, 0.717) is 12.8 Å². The highest BCUT2D eigenvalue weighted by Gasteiger charge is 2.28. The number of hydrogen-bond acceptors (Lipinski definition) is 3. The Morgan fingerprint density at radius 2 is 2.07 bits per heavy atom. The predicted octanol–water partition coefficient (Wildman–Crippen LogP) is 2.50. The normalized spacial score (nSPS) is 22.5. The summed E-state index contributed by atoms with van der Waals surface area (Å²) in [6.07, 6.45) is 4.33. The van der Waals surface area contributed by atoms with Crippen LogP contribution >= 0.6 is 12.0 Å². The van der Waals surface area contributed by atoms with E-state index in [1.807, 2.05) is 6.26 Å². The third-order valence-electron chi connectivity index (χ3n) is 2.72. The van der Waals surface area contributed by atoms with Crippen LogP contribution in [0.4, 0.5) is 4.39 Å². The minimum absolute atomic E-state index is 0.677. The largest absolute Gasteiger partial charge is 0.316 e. The summed E-state index contributed by atoms with van der Waals surface area (Å²) in [7, 11) is 0. The van der Waals surface area contributed by atoms with Gasteiger partial charge in [-0.3, -0.25) is 0 Å². The minimum atomic E-state index is -0.924. The Hall–Kier alpha value is 0.200.